The van der Waals surface area contributed by atoms with E-state index in [-0.39, 0.29) is 17.2 Å². The average Bonchev–Trinajstić information content (AvgIpc) is 3.37. The summed E-state index contributed by atoms with van der Waals surface area (Å²) in [5.41, 5.74) is 2.23. The van der Waals surface area contributed by atoms with Gasteiger partial charge in [0.1, 0.15) is 11.5 Å². The Morgan fingerprint density at radius 2 is 1.94 bits per heavy atom. The van der Waals surface area contributed by atoms with E-state index >= 15 is 0 Å². The van der Waals surface area contributed by atoms with Gasteiger partial charge in [0.2, 0.25) is 5.78 Å². The van der Waals surface area contributed by atoms with Gasteiger partial charge in [-0.25, -0.2) is 4.98 Å². The molecule has 2 amide bonds. The molecule has 0 bridgehead atoms. The summed E-state index contributed by atoms with van der Waals surface area (Å²) in [4.78, 5) is 36.6. The van der Waals surface area contributed by atoms with E-state index in [2.05, 4.69) is 27.0 Å². The van der Waals surface area contributed by atoms with Gasteiger partial charge in [-0.05, 0) is 12.5 Å². The number of benzene rings is 1. The lowest BCUT2D eigenvalue weighted by Crippen LogP contribution is -2.42. The fourth-order valence-electron chi connectivity index (χ4n) is 3.60. The number of fused-ring (bicyclic) bond motifs is 1. The van der Waals surface area contributed by atoms with Gasteiger partial charge in [0.05, 0.1) is 24.0 Å². The first-order valence-corrected chi connectivity index (χ1v) is 10.3. The van der Waals surface area contributed by atoms with E-state index in [9.17, 15) is 9.59 Å². The van der Waals surface area contributed by atoms with E-state index in [1.807, 2.05) is 36.5 Å². The van der Waals surface area contributed by atoms with Crippen LogP contribution < -0.4 is 5.32 Å². The van der Waals surface area contributed by atoms with Crippen molar-refractivity contribution in [2.75, 3.05) is 18.4 Å². The zero-order valence-corrected chi connectivity index (χ0v) is 17.3. The summed E-state index contributed by atoms with van der Waals surface area (Å²) in [7, 11) is 0. The van der Waals surface area contributed by atoms with Crippen LogP contribution >= 0.6 is 0 Å². The highest BCUT2D eigenvalue weighted by atomic mass is 16.2. The van der Waals surface area contributed by atoms with Crippen molar-refractivity contribution in [3.63, 3.8) is 0 Å². The lowest BCUT2D eigenvalue weighted by Gasteiger charge is -2.30. The number of anilines is 1. The molecular formula is C23H21N7O2. The van der Waals surface area contributed by atoms with Crippen molar-refractivity contribution >= 4 is 23.4 Å². The van der Waals surface area contributed by atoms with E-state index in [4.69, 9.17) is 0 Å². The Morgan fingerprint density at radius 3 is 2.66 bits per heavy atom. The largest absolute Gasteiger partial charge is 0.338 e. The molecule has 0 aliphatic carbocycles. The molecule has 1 aliphatic heterocycles. The highest BCUT2D eigenvalue weighted by molar-refractivity contribution is 6.11. The smallest absolute Gasteiger partial charge is 0.275 e. The third-order valence-electron chi connectivity index (χ3n) is 5.37. The normalized spacial score (nSPS) is 13.1. The molecule has 1 aliphatic rings. The van der Waals surface area contributed by atoms with Crippen molar-refractivity contribution < 1.29 is 9.59 Å². The van der Waals surface area contributed by atoms with Crippen LogP contribution in [0, 0.1) is 0 Å². The first-order chi connectivity index (χ1) is 15.6. The molecule has 3 aromatic heterocycles. The molecule has 1 fully saturated rings. The predicted molar refractivity (Wildman–Crippen MR) is 119 cm³/mol. The molecule has 1 aromatic carbocycles. The van der Waals surface area contributed by atoms with Crippen LogP contribution in [0.15, 0.2) is 67.6 Å². The molecule has 32 heavy (non-hydrogen) atoms. The van der Waals surface area contributed by atoms with E-state index in [1.165, 1.54) is 10.9 Å². The van der Waals surface area contributed by atoms with Crippen molar-refractivity contribution in [2.24, 2.45) is 0 Å². The average molecular weight is 427 g/mol. The minimum Gasteiger partial charge on any atom is -0.338 e. The second kappa shape index (κ2) is 8.10. The first-order valence-electron chi connectivity index (χ1n) is 10.3. The number of likely N-dealkylation sites (tertiary alicyclic amines) is 1. The molecule has 1 saturated heterocycles. The molecule has 4 heterocycles. The zero-order chi connectivity index (χ0) is 22.1. The minimum absolute atomic E-state index is 0.191. The standard InChI is InChI=1S/C23H21N7O2/c1-2-10-30-20(17(14-24-30)22(32)28-11-6-12-28)21(31)26-19-9-13-29-15-18(25-23(29)27-19)16-7-4-3-5-8-16/h2-5,7-9,13-15H,1,6,10-12H2,(H,25,26,27,31). The maximum absolute atomic E-state index is 13.1. The van der Waals surface area contributed by atoms with Gasteiger partial charge in [-0.2, -0.15) is 10.1 Å². The van der Waals surface area contributed by atoms with Gasteiger partial charge in [0, 0.05) is 31.0 Å². The fourth-order valence-corrected chi connectivity index (χ4v) is 3.60. The van der Waals surface area contributed by atoms with Gasteiger partial charge < -0.3 is 10.2 Å². The zero-order valence-electron chi connectivity index (χ0n) is 17.3. The molecular weight excluding hydrogens is 406 g/mol. The van der Waals surface area contributed by atoms with Gasteiger partial charge >= 0.3 is 0 Å². The van der Waals surface area contributed by atoms with E-state index in [0.717, 1.165) is 17.7 Å². The molecule has 0 atom stereocenters. The van der Waals surface area contributed by atoms with Gasteiger partial charge in [-0.3, -0.25) is 18.7 Å². The summed E-state index contributed by atoms with van der Waals surface area (Å²) in [6, 6.07) is 11.5. The fraction of sp³-hybridized carbons (Fsp3) is 0.174. The number of carbonyl (C=O) groups is 2. The van der Waals surface area contributed by atoms with Crippen LogP contribution in [-0.2, 0) is 6.54 Å². The first kappa shape index (κ1) is 19.7. The van der Waals surface area contributed by atoms with Crippen LogP contribution in [-0.4, -0.2) is 54.0 Å². The molecule has 9 heteroatoms. The van der Waals surface area contributed by atoms with E-state index in [1.54, 1.807) is 27.6 Å². The Hall–Kier alpha value is -4.27. The number of nitrogens with one attached hydrogen (secondary N) is 1. The highest BCUT2D eigenvalue weighted by Gasteiger charge is 2.29. The van der Waals surface area contributed by atoms with Crippen LogP contribution in [0.4, 0.5) is 5.82 Å². The molecule has 4 aromatic rings. The van der Waals surface area contributed by atoms with Crippen molar-refractivity contribution in [2.45, 2.75) is 13.0 Å². The Morgan fingerprint density at radius 1 is 1.12 bits per heavy atom. The van der Waals surface area contributed by atoms with Gasteiger partial charge in [0.15, 0.2) is 0 Å². The molecule has 1 N–H and O–H groups in total. The third-order valence-corrected chi connectivity index (χ3v) is 5.37. The number of amides is 2. The molecule has 0 spiro atoms. The number of rotatable bonds is 6. The maximum Gasteiger partial charge on any atom is 0.275 e. The second-order valence-corrected chi connectivity index (χ2v) is 7.49. The summed E-state index contributed by atoms with van der Waals surface area (Å²) in [5.74, 6) is 0.139. The number of imidazole rings is 1. The quantitative estimate of drug-likeness (QED) is 0.477. The molecule has 9 nitrogen and oxygen atoms in total. The van der Waals surface area contributed by atoms with Crippen LogP contribution in [0.2, 0.25) is 0 Å². The summed E-state index contributed by atoms with van der Waals surface area (Å²) < 4.78 is 3.26. The van der Waals surface area contributed by atoms with Gasteiger partial charge in [0.25, 0.3) is 11.8 Å². The van der Waals surface area contributed by atoms with Crippen molar-refractivity contribution in [1.29, 1.82) is 0 Å². The number of nitrogens with zero attached hydrogens (tertiary/aromatic N) is 6. The topological polar surface area (TPSA) is 97.4 Å². The third kappa shape index (κ3) is 3.53. The van der Waals surface area contributed by atoms with Crippen molar-refractivity contribution in [3.05, 3.63) is 78.9 Å². The number of aromatic nitrogens is 5. The summed E-state index contributed by atoms with van der Waals surface area (Å²) >= 11 is 0. The van der Waals surface area contributed by atoms with Crippen LogP contribution in [0.1, 0.15) is 27.3 Å². The van der Waals surface area contributed by atoms with E-state index in [0.29, 0.717) is 31.2 Å². The Balaban J connectivity index is 1.43. The minimum atomic E-state index is -0.458. The Kier molecular flexibility index (Phi) is 4.98. The lowest BCUT2D eigenvalue weighted by atomic mass is 10.1. The number of carbonyl (C=O) groups excluding carboxylic acids is 2. The number of hydrogen-bond donors (Lipinski definition) is 1. The highest BCUT2D eigenvalue weighted by Crippen LogP contribution is 2.20. The Bertz CT molecular complexity index is 1320. The van der Waals surface area contributed by atoms with Crippen molar-refractivity contribution in [3.8, 4) is 11.3 Å². The lowest BCUT2D eigenvalue weighted by molar-refractivity contribution is 0.0648. The molecule has 0 radical (unpaired) electrons. The van der Waals surface area contributed by atoms with Gasteiger partial charge in [-0.1, -0.05) is 36.4 Å². The number of allylic oxidation sites excluding steroid dienone is 1. The SMILES string of the molecule is C=CCn1ncc(C(=O)N2CCC2)c1C(=O)Nc1ccn2cc(-c3ccccc3)nc2n1. The van der Waals surface area contributed by atoms with Crippen molar-refractivity contribution in [1.82, 2.24) is 29.0 Å². The summed E-state index contributed by atoms with van der Waals surface area (Å²) in [6.45, 7) is 5.39. The summed E-state index contributed by atoms with van der Waals surface area (Å²) in [5, 5.41) is 7.00. The molecule has 160 valence electrons. The second-order valence-electron chi connectivity index (χ2n) is 7.49. The molecule has 0 unspecified atom stereocenters. The molecule has 0 saturated carbocycles. The Labute approximate surface area is 184 Å². The van der Waals surface area contributed by atoms with Crippen LogP contribution in [0.3, 0.4) is 0 Å². The molecule has 5 rings (SSSR count). The monoisotopic (exact) mass is 427 g/mol. The van der Waals surface area contributed by atoms with Gasteiger partial charge in [-0.15, -0.1) is 6.58 Å². The maximum atomic E-state index is 13.1. The van der Waals surface area contributed by atoms with Crippen LogP contribution in [0.5, 0.6) is 0 Å². The van der Waals surface area contributed by atoms with Crippen LogP contribution in [0.25, 0.3) is 17.0 Å². The predicted octanol–water partition coefficient (Wildman–Crippen LogP) is 2.88. The van der Waals surface area contributed by atoms with E-state index < -0.39 is 5.91 Å². The summed E-state index contributed by atoms with van der Waals surface area (Å²) in [6.07, 6.45) is 7.70. The number of hydrogen-bond acceptors (Lipinski definition) is 5.